The van der Waals surface area contributed by atoms with Gasteiger partial charge in [0.25, 0.3) is 0 Å². The van der Waals surface area contributed by atoms with Crippen LogP contribution in [0.1, 0.15) is 31.9 Å². The number of hydrogen-bond donors (Lipinski definition) is 1. The Kier molecular flexibility index (Phi) is 5.14. The first-order valence-corrected chi connectivity index (χ1v) is 7.45. The van der Waals surface area contributed by atoms with Crippen LogP contribution >= 0.6 is 15.9 Å². The smallest absolute Gasteiger partial charge is 0.341 e. The number of aryl methyl sites for hydroxylation is 1. The lowest BCUT2D eigenvalue weighted by Gasteiger charge is -2.15. The van der Waals surface area contributed by atoms with Crippen molar-refractivity contribution in [2.45, 2.75) is 26.3 Å². The highest BCUT2D eigenvalue weighted by Gasteiger charge is 2.10. The Balaban J connectivity index is 2.09. The van der Waals surface area contributed by atoms with Crippen LogP contribution in [-0.2, 0) is 7.05 Å². The highest BCUT2D eigenvalue weighted by Crippen LogP contribution is 2.30. The molecule has 1 atom stereocenters. The molecule has 0 amide bonds. The Hall–Kier alpha value is -1.40. The minimum absolute atomic E-state index is 0.313. The van der Waals surface area contributed by atoms with Gasteiger partial charge in [-0.2, -0.15) is 4.98 Å². The van der Waals surface area contributed by atoms with E-state index in [0.717, 1.165) is 17.4 Å². The number of aromatic nitrogens is 3. The first kappa shape index (κ1) is 15.0. The predicted molar refractivity (Wildman–Crippen MR) is 81.9 cm³/mol. The first-order chi connectivity index (χ1) is 9.60. The fraction of sp³-hybridized carbons (Fsp3) is 0.429. The molecule has 1 aromatic heterocycles. The second-order valence-corrected chi connectivity index (χ2v) is 5.52. The van der Waals surface area contributed by atoms with Gasteiger partial charge in [-0.15, -0.1) is 5.10 Å². The quantitative estimate of drug-likeness (QED) is 0.876. The van der Waals surface area contributed by atoms with Crippen molar-refractivity contribution in [2.24, 2.45) is 7.05 Å². The van der Waals surface area contributed by atoms with E-state index in [1.54, 1.807) is 18.1 Å². The van der Waals surface area contributed by atoms with Crippen LogP contribution in [0.5, 0.6) is 11.8 Å². The van der Waals surface area contributed by atoms with Gasteiger partial charge in [0.15, 0.2) is 0 Å². The van der Waals surface area contributed by atoms with E-state index in [9.17, 15) is 0 Å². The molecule has 6 heteroatoms. The van der Waals surface area contributed by atoms with Crippen LogP contribution in [0.25, 0.3) is 0 Å². The summed E-state index contributed by atoms with van der Waals surface area (Å²) in [7, 11) is 1.80. The van der Waals surface area contributed by atoms with Crippen molar-refractivity contribution in [1.29, 1.82) is 0 Å². The topological polar surface area (TPSA) is 52.0 Å². The molecule has 20 heavy (non-hydrogen) atoms. The van der Waals surface area contributed by atoms with E-state index in [0.29, 0.717) is 17.8 Å². The lowest BCUT2D eigenvalue weighted by molar-refractivity contribution is 0.436. The summed E-state index contributed by atoms with van der Waals surface area (Å²) < 4.78 is 8.14. The normalized spacial score (nSPS) is 12.4. The molecule has 1 heterocycles. The maximum Gasteiger partial charge on any atom is 0.341 e. The molecule has 0 radical (unpaired) electrons. The van der Waals surface area contributed by atoms with Crippen LogP contribution in [-0.4, -0.2) is 21.3 Å². The summed E-state index contributed by atoms with van der Waals surface area (Å²) in [6, 6.07) is 6.70. The van der Waals surface area contributed by atoms with Gasteiger partial charge in [0, 0.05) is 13.1 Å². The van der Waals surface area contributed by atoms with Crippen LogP contribution in [0.2, 0.25) is 0 Å². The Labute approximate surface area is 127 Å². The van der Waals surface area contributed by atoms with Gasteiger partial charge < -0.3 is 10.1 Å². The highest BCUT2D eigenvalue weighted by molar-refractivity contribution is 9.10. The number of rotatable bonds is 6. The summed E-state index contributed by atoms with van der Waals surface area (Å²) in [6.07, 6.45) is 2.73. The number of hydrogen-bond acceptors (Lipinski definition) is 4. The number of benzene rings is 1. The molecular weight excluding hydrogens is 320 g/mol. The van der Waals surface area contributed by atoms with Gasteiger partial charge in [0.1, 0.15) is 12.1 Å². The van der Waals surface area contributed by atoms with Gasteiger partial charge in [-0.3, -0.25) is 4.68 Å². The van der Waals surface area contributed by atoms with E-state index in [-0.39, 0.29) is 0 Å². The monoisotopic (exact) mass is 338 g/mol. The third-order valence-electron chi connectivity index (χ3n) is 2.94. The average Bonchev–Trinajstić information content (AvgIpc) is 2.83. The largest absolute Gasteiger partial charge is 0.422 e. The number of halogens is 1. The third kappa shape index (κ3) is 3.80. The van der Waals surface area contributed by atoms with Gasteiger partial charge in [0.2, 0.25) is 0 Å². The van der Waals surface area contributed by atoms with Crippen molar-refractivity contribution in [3.8, 4) is 11.8 Å². The van der Waals surface area contributed by atoms with Crippen LogP contribution in [0.4, 0.5) is 0 Å². The first-order valence-electron chi connectivity index (χ1n) is 6.66. The zero-order valence-corrected chi connectivity index (χ0v) is 13.5. The standard InChI is InChI=1S/C14H19BrN4O/c1-4-7-16-10(2)11-5-6-13(12(15)8-11)20-14-17-9-19(3)18-14/h5-6,8-10,16H,4,7H2,1-3H3. The van der Waals surface area contributed by atoms with Crippen LogP contribution < -0.4 is 10.1 Å². The fourth-order valence-corrected chi connectivity index (χ4v) is 2.29. The number of ether oxygens (including phenoxy) is 1. The Morgan fingerprint density at radius 2 is 2.25 bits per heavy atom. The van der Waals surface area contributed by atoms with Crippen molar-refractivity contribution in [3.05, 3.63) is 34.6 Å². The molecule has 5 nitrogen and oxygen atoms in total. The van der Waals surface area contributed by atoms with Gasteiger partial charge in [-0.05, 0) is 53.5 Å². The molecule has 0 bridgehead atoms. The summed E-state index contributed by atoms with van der Waals surface area (Å²) >= 11 is 3.53. The van der Waals surface area contributed by atoms with Crippen LogP contribution in [0, 0.1) is 0 Å². The van der Waals surface area contributed by atoms with Gasteiger partial charge >= 0.3 is 6.01 Å². The molecule has 0 aliphatic carbocycles. The molecule has 2 aromatic rings. The van der Waals surface area contributed by atoms with E-state index >= 15 is 0 Å². The summed E-state index contributed by atoms with van der Waals surface area (Å²) in [5.41, 5.74) is 1.21. The van der Waals surface area contributed by atoms with Crippen molar-refractivity contribution in [1.82, 2.24) is 20.1 Å². The van der Waals surface area contributed by atoms with Gasteiger partial charge in [0.05, 0.1) is 4.47 Å². The average molecular weight is 339 g/mol. The van der Waals surface area contributed by atoms with Gasteiger partial charge in [-0.25, -0.2) is 0 Å². The minimum atomic E-state index is 0.313. The molecule has 2 rings (SSSR count). The maximum absolute atomic E-state index is 5.64. The SMILES string of the molecule is CCCNC(C)c1ccc(Oc2ncn(C)n2)c(Br)c1. The van der Waals surface area contributed by atoms with Gasteiger partial charge in [-0.1, -0.05) is 13.0 Å². The van der Waals surface area contributed by atoms with E-state index in [2.05, 4.69) is 57.3 Å². The molecule has 1 aromatic carbocycles. The van der Waals surface area contributed by atoms with Crippen molar-refractivity contribution >= 4 is 15.9 Å². The maximum atomic E-state index is 5.64. The molecule has 0 spiro atoms. The lowest BCUT2D eigenvalue weighted by Crippen LogP contribution is -2.19. The molecule has 0 aliphatic rings. The summed E-state index contributed by atoms with van der Waals surface area (Å²) in [5, 5.41) is 7.55. The van der Waals surface area contributed by atoms with Crippen LogP contribution in [0.3, 0.4) is 0 Å². The van der Waals surface area contributed by atoms with E-state index in [4.69, 9.17) is 4.74 Å². The number of nitrogens with one attached hydrogen (secondary N) is 1. The highest BCUT2D eigenvalue weighted by atomic mass is 79.9. The molecule has 1 unspecified atom stereocenters. The Morgan fingerprint density at radius 1 is 1.45 bits per heavy atom. The minimum Gasteiger partial charge on any atom is -0.422 e. The predicted octanol–water partition coefficient (Wildman–Crippen LogP) is 3.43. The summed E-state index contributed by atoms with van der Waals surface area (Å²) in [5.74, 6) is 0.711. The molecule has 1 N–H and O–H groups in total. The van der Waals surface area contributed by atoms with Crippen molar-refractivity contribution in [3.63, 3.8) is 0 Å². The molecule has 0 fully saturated rings. The molecule has 0 aliphatic heterocycles. The summed E-state index contributed by atoms with van der Waals surface area (Å²) in [4.78, 5) is 4.05. The van der Waals surface area contributed by atoms with Crippen molar-refractivity contribution < 1.29 is 4.74 Å². The summed E-state index contributed by atoms with van der Waals surface area (Å²) in [6.45, 7) is 5.32. The zero-order chi connectivity index (χ0) is 14.5. The molecular formula is C14H19BrN4O. The lowest BCUT2D eigenvalue weighted by atomic mass is 10.1. The second kappa shape index (κ2) is 6.85. The van der Waals surface area contributed by atoms with Crippen molar-refractivity contribution in [2.75, 3.05) is 6.54 Å². The number of nitrogens with zero attached hydrogens (tertiary/aromatic N) is 3. The van der Waals surface area contributed by atoms with E-state index < -0.39 is 0 Å². The Bertz CT molecular complexity index is 570. The fourth-order valence-electron chi connectivity index (χ4n) is 1.81. The Morgan fingerprint density at radius 3 is 2.85 bits per heavy atom. The third-order valence-corrected chi connectivity index (χ3v) is 3.56. The zero-order valence-electron chi connectivity index (χ0n) is 11.9. The second-order valence-electron chi connectivity index (χ2n) is 4.67. The molecule has 0 saturated carbocycles. The van der Waals surface area contributed by atoms with E-state index in [1.165, 1.54) is 5.56 Å². The van der Waals surface area contributed by atoms with E-state index in [1.807, 2.05) is 6.07 Å². The molecule has 0 saturated heterocycles. The van der Waals surface area contributed by atoms with Crippen LogP contribution in [0.15, 0.2) is 29.0 Å². The molecule has 108 valence electrons.